The highest BCUT2D eigenvalue weighted by Gasteiger charge is 2.58. The molecule has 0 aliphatic heterocycles. The molecule has 0 amide bonds. The predicted octanol–water partition coefficient (Wildman–Crippen LogP) is 4.50. The SMILES string of the molecule is C[C@]12CC[C@H]3[C@@H](CC[C@H]4C[C@@](O)(C#CC5CC5)CC[C@@H]43)[C@@H]1CC[C@@H]2C(=O)CSS(=O)(=O)O. The van der Waals surface area contributed by atoms with Crippen LogP contribution in [0.25, 0.3) is 0 Å². The third-order valence-electron chi connectivity index (χ3n) is 9.84. The molecule has 5 saturated carbocycles. The first-order valence-corrected chi connectivity index (χ1v) is 15.4. The van der Waals surface area contributed by atoms with Crippen molar-refractivity contribution in [2.24, 2.45) is 46.8 Å². The van der Waals surface area contributed by atoms with Crippen molar-refractivity contribution in [1.29, 1.82) is 0 Å². The molecule has 8 atom stereocenters. The number of hydrogen-bond donors (Lipinski definition) is 2. The Morgan fingerprint density at radius 3 is 2.47 bits per heavy atom. The maximum Gasteiger partial charge on any atom is 0.320 e. The van der Waals surface area contributed by atoms with Crippen molar-refractivity contribution in [2.45, 2.75) is 83.2 Å². The molecule has 5 fully saturated rings. The number of ketones is 1. The molecule has 178 valence electrons. The van der Waals surface area contributed by atoms with Gasteiger partial charge in [0, 0.05) is 22.6 Å². The van der Waals surface area contributed by atoms with Crippen LogP contribution in [0.1, 0.15) is 77.6 Å². The molecule has 0 spiro atoms. The minimum Gasteiger partial charge on any atom is -0.378 e. The molecule has 0 aromatic carbocycles. The molecule has 5 nitrogen and oxygen atoms in total. The lowest BCUT2D eigenvalue weighted by Crippen LogP contribution is -2.51. The molecule has 5 aliphatic rings. The van der Waals surface area contributed by atoms with E-state index in [-0.39, 0.29) is 22.9 Å². The third kappa shape index (κ3) is 4.42. The van der Waals surface area contributed by atoms with Crippen molar-refractivity contribution < 1.29 is 22.9 Å². The first-order chi connectivity index (χ1) is 15.1. The lowest BCUT2D eigenvalue weighted by molar-refractivity contribution is -0.129. The summed E-state index contributed by atoms with van der Waals surface area (Å²) in [4.78, 5) is 12.9. The monoisotopic (exact) mass is 480 g/mol. The number of fused-ring (bicyclic) bond motifs is 5. The molecule has 0 unspecified atom stereocenters. The van der Waals surface area contributed by atoms with Crippen molar-refractivity contribution in [1.82, 2.24) is 0 Å². The summed E-state index contributed by atoms with van der Waals surface area (Å²) in [5.41, 5.74) is -0.828. The zero-order valence-electron chi connectivity index (χ0n) is 19.0. The second-order valence-electron chi connectivity index (χ2n) is 11.6. The van der Waals surface area contributed by atoms with E-state index in [4.69, 9.17) is 4.55 Å². The molecule has 0 heterocycles. The van der Waals surface area contributed by atoms with Crippen molar-refractivity contribution in [3.63, 3.8) is 0 Å². The predicted molar refractivity (Wildman–Crippen MR) is 125 cm³/mol. The Bertz CT molecular complexity index is 932. The average molecular weight is 481 g/mol. The van der Waals surface area contributed by atoms with Crippen LogP contribution in [-0.2, 0) is 13.9 Å². The molecular formula is C25H36O5S2. The van der Waals surface area contributed by atoms with E-state index in [1.54, 1.807) is 0 Å². The Balaban J connectivity index is 1.26. The molecule has 0 bridgehead atoms. The summed E-state index contributed by atoms with van der Waals surface area (Å²) in [5.74, 6) is 9.94. The van der Waals surface area contributed by atoms with E-state index in [9.17, 15) is 18.3 Å². The standard InChI is InChI=1S/C25H36O5S2/c1-24-11-9-19-18-10-13-25(27,12-8-16-2-3-16)14-17(18)4-5-20(19)21(24)6-7-22(24)23(26)15-31-32(28,29)30/h16-22,27H,2-7,9-11,13-15H2,1H3,(H,28,29,30)/t17-,18-,19+,20+,21-,22+,24-,25+/m0/s1. The van der Waals surface area contributed by atoms with Gasteiger partial charge in [-0.2, -0.15) is 8.42 Å². The third-order valence-corrected chi connectivity index (χ3v) is 11.8. The van der Waals surface area contributed by atoms with Crippen molar-refractivity contribution in [3.8, 4) is 11.8 Å². The van der Waals surface area contributed by atoms with Crippen LogP contribution in [0, 0.1) is 58.7 Å². The normalized spacial score (nSPS) is 45.7. The van der Waals surface area contributed by atoms with E-state index in [0.29, 0.717) is 46.3 Å². The van der Waals surface area contributed by atoms with Crippen LogP contribution in [0.2, 0.25) is 0 Å². The number of carbonyl (C=O) groups is 1. The van der Waals surface area contributed by atoms with E-state index in [2.05, 4.69) is 18.8 Å². The Labute approximate surface area is 196 Å². The zero-order valence-corrected chi connectivity index (χ0v) is 20.6. The second kappa shape index (κ2) is 8.29. The van der Waals surface area contributed by atoms with Gasteiger partial charge in [0.2, 0.25) is 0 Å². The van der Waals surface area contributed by atoms with Gasteiger partial charge in [0.15, 0.2) is 0 Å². The van der Waals surface area contributed by atoms with Crippen LogP contribution < -0.4 is 0 Å². The molecule has 32 heavy (non-hydrogen) atoms. The van der Waals surface area contributed by atoms with Crippen molar-refractivity contribution >= 4 is 25.7 Å². The molecule has 5 aliphatic carbocycles. The fourth-order valence-electron chi connectivity index (χ4n) is 8.22. The Hall–Kier alpha value is -0.550. The first kappa shape index (κ1) is 23.2. The number of carbonyl (C=O) groups excluding carboxylic acids is 1. The second-order valence-corrected chi connectivity index (χ2v) is 14.9. The Morgan fingerprint density at radius 1 is 1.00 bits per heavy atom. The van der Waals surface area contributed by atoms with Crippen molar-refractivity contribution in [2.75, 3.05) is 5.75 Å². The quantitative estimate of drug-likeness (QED) is 0.350. The summed E-state index contributed by atoms with van der Waals surface area (Å²) < 4.78 is 31.2. The lowest BCUT2D eigenvalue weighted by atomic mass is 9.49. The van der Waals surface area contributed by atoms with Crippen LogP contribution in [0.3, 0.4) is 0 Å². The van der Waals surface area contributed by atoms with Gasteiger partial charge in [-0.25, -0.2) is 0 Å². The van der Waals surface area contributed by atoms with Crippen molar-refractivity contribution in [3.05, 3.63) is 0 Å². The summed E-state index contributed by atoms with van der Waals surface area (Å²) in [5, 5.41) is 11.1. The minimum atomic E-state index is -4.18. The molecule has 5 rings (SSSR count). The maximum absolute atomic E-state index is 12.9. The lowest BCUT2D eigenvalue weighted by Gasteiger charge is -2.56. The van der Waals surface area contributed by atoms with Crippen LogP contribution >= 0.6 is 10.8 Å². The molecule has 0 aromatic rings. The van der Waals surface area contributed by atoms with E-state index in [1.807, 2.05) is 0 Å². The molecule has 0 saturated heterocycles. The fraction of sp³-hybridized carbons (Fsp3) is 0.880. The van der Waals surface area contributed by atoms with E-state index in [0.717, 1.165) is 51.4 Å². The molecule has 0 radical (unpaired) electrons. The van der Waals surface area contributed by atoms with Gasteiger partial charge in [-0.1, -0.05) is 18.8 Å². The molecule has 2 N–H and O–H groups in total. The summed E-state index contributed by atoms with van der Waals surface area (Å²) in [7, 11) is -3.82. The summed E-state index contributed by atoms with van der Waals surface area (Å²) in [6.45, 7) is 2.26. The minimum absolute atomic E-state index is 0.0123. The van der Waals surface area contributed by atoms with Crippen LogP contribution in [0.5, 0.6) is 0 Å². The van der Waals surface area contributed by atoms with Crippen LogP contribution in [0.4, 0.5) is 0 Å². The topological polar surface area (TPSA) is 91.7 Å². The van der Waals surface area contributed by atoms with Gasteiger partial charge >= 0.3 is 9.15 Å². The number of hydrogen-bond acceptors (Lipinski definition) is 5. The van der Waals surface area contributed by atoms with Gasteiger partial charge in [0.1, 0.15) is 11.4 Å². The molecular weight excluding hydrogens is 444 g/mol. The van der Waals surface area contributed by atoms with Gasteiger partial charge in [-0.05, 0) is 106 Å². The van der Waals surface area contributed by atoms with Gasteiger partial charge in [0.25, 0.3) is 0 Å². The van der Waals surface area contributed by atoms with Gasteiger partial charge in [-0.15, -0.1) is 0 Å². The molecule has 7 heteroatoms. The highest BCUT2D eigenvalue weighted by Crippen LogP contribution is 2.64. The maximum atomic E-state index is 12.9. The Morgan fingerprint density at radius 2 is 1.75 bits per heavy atom. The average Bonchev–Trinajstić information content (AvgIpc) is 3.49. The van der Waals surface area contributed by atoms with Gasteiger partial charge in [0.05, 0.1) is 5.75 Å². The zero-order chi connectivity index (χ0) is 22.7. The highest BCUT2D eigenvalue weighted by molar-refractivity contribution is 8.70. The largest absolute Gasteiger partial charge is 0.378 e. The number of Topliss-reactive ketones (excluding diaryl/α,β-unsaturated/α-hetero) is 1. The summed E-state index contributed by atoms with van der Waals surface area (Å²) >= 11 is 0. The van der Waals surface area contributed by atoms with E-state index < -0.39 is 14.8 Å². The van der Waals surface area contributed by atoms with E-state index >= 15 is 0 Å². The number of rotatable bonds is 4. The smallest absolute Gasteiger partial charge is 0.320 e. The number of aliphatic hydroxyl groups is 1. The van der Waals surface area contributed by atoms with E-state index in [1.165, 1.54) is 19.3 Å². The van der Waals surface area contributed by atoms with Crippen LogP contribution in [0.15, 0.2) is 0 Å². The molecule has 0 aromatic heterocycles. The first-order valence-electron chi connectivity index (χ1n) is 12.5. The Kier molecular flexibility index (Phi) is 6.01. The summed E-state index contributed by atoms with van der Waals surface area (Å²) in [6, 6.07) is 0. The summed E-state index contributed by atoms with van der Waals surface area (Å²) in [6.07, 6.45) is 11.5. The van der Waals surface area contributed by atoms with Gasteiger partial charge < -0.3 is 5.11 Å². The van der Waals surface area contributed by atoms with Gasteiger partial charge in [-0.3, -0.25) is 9.35 Å². The highest BCUT2D eigenvalue weighted by atomic mass is 33.1. The fourth-order valence-corrected chi connectivity index (χ4v) is 9.48. The van der Waals surface area contributed by atoms with Crippen LogP contribution in [-0.4, -0.2) is 35.2 Å².